The summed E-state index contributed by atoms with van der Waals surface area (Å²) >= 11 is 0. The van der Waals surface area contributed by atoms with E-state index in [0.29, 0.717) is 18.0 Å². The second kappa shape index (κ2) is 6.60. The van der Waals surface area contributed by atoms with Gasteiger partial charge < -0.3 is 14.4 Å². The number of ether oxygens (including phenoxy) is 2. The summed E-state index contributed by atoms with van der Waals surface area (Å²) in [5, 5.41) is 0. The average molecular weight is 291 g/mol. The Morgan fingerprint density at radius 1 is 1.29 bits per heavy atom. The van der Waals surface area contributed by atoms with E-state index in [2.05, 4.69) is 21.8 Å². The van der Waals surface area contributed by atoms with Crippen LogP contribution in [0.1, 0.15) is 39.0 Å². The van der Waals surface area contributed by atoms with E-state index in [0.717, 1.165) is 31.4 Å². The Morgan fingerprint density at radius 2 is 2.05 bits per heavy atom. The lowest BCUT2D eigenvalue weighted by Crippen LogP contribution is -2.49. The minimum Gasteiger partial charge on any atom is -0.494 e. The van der Waals surface area contributed by atoms with Crippen molar-refractivity contribution >= 4 is 5.95 Å². The van der Waals surface area contributed by atoms with Gasteiger partial charge in [-0.2, -0.15) is 0 Å². The Hall–Kier alpha value is -1.36. The first-order valence-electron chi connectivity index (χ1n) is 8.06. The summed E-state index contributed by atoms with van der Waals surface area (Å²) in [6.07, 6.45) is 10.3. The number of aromatic nitrogens is 2. The normalized spacial score (nSPS) is 25.9. The Balaban J connectivity index is 1.69. The molecule has 1 aromatic heterocycles. The lowest BCUT2D eigenvalue weighted by Gasteiger charge is -2.38. The SMILES string of the molecule is CCCC[C@@H]1CN(c2ncc(OC)cn2)C[C@H](C2CC2)O1. The van der Waals surface area contributed by atoms with Gasteiger partial charge in [-0.05, 0) is 25.2 Å². The molecule has 2 fully saturated rings. The number of hydrogen-bond donors (Lipinski definition) is 0. The van der Waals surface area contributed by atoms with Gasteiger partial charge in [0.1, 0.15) is 0 Å². The topological polar surface area (TPSA) is 47.5 Å². The molecule has 116 valence electrons. The molecule has 1 aromatic rings. The third-order valence-corrected chi connectivity index (χ3v) is 4.35. The fourth-order valence-electron chi connectivity index (χ4n) is 2.93. The van der Waals surface area contributed by atoms with Crippen LogP contribution in [0, 0.1) is 5.92 Å². The monoisotopic (exact) mass is 291 g/mol. The van der Waals surface area contributed by atoms with Crippen molar-refractivity contribution in [2.24, 2.45) is 5.92 Å². The van der Waals surface area contributed by atoms with Gasteiger partial charge in [-0.15, -0.1) is 0 Å². The maximum absolute atomic E-state index is 6.29. The first-order chi connectivity index (χ1) is 10.3. The van der Waals surface area contributed by atoms with Gasteiger partial charge in [0, 0.05) is 13.1 Å². The fraction of sp³-hybridized carbons (Fsp3) is 0.750. The van der Waals surface area contributed by atoms with Crippen LogP contribution in [0.25, 0.3) is 0 Å². The largest absolute Gasteiger partial charge is 0.494 e. The highest BCUT2D eigenvalue weighted by Gasteiger charge is 2.38. The van der Waals surface area contributed by atoms with Crippen molar-refractivity contribution < 1.29 is 9.47 Å². The summed E-state index contributed by atoms with van der Waals surface area (Å²) in [6, 6.07) is 0. The zero-order valence-electron chi connectivity index (χ0n) is 13.0. The van der Waals surface area contributed by atoms with Gasteiger partial charge in [-0.3, -0.25) is 0 Å². The molecule has 2 heterocycles. The van der Waals surface area contributed by atoms with E-state index in [1.54, 1.807) is 19.5 Å². The summed E-state index contributed by atoms with van der Waals surface area (Å²) in [6.45, 7) is 4.04. The highest BCUT2D eigenvalue weighted by atomic mass is 16.5. The van der Waals surface area contributed by atoms with E-state index in [4.69, 9.17) is 9.47 Å². The van der Waals surface area contributed by atoms with E-state index in [9.17, 15) is 0 Å². The van der Waals surface area contributed by atoms with Gasteiger partial charge in [0.25, 0.3) is 0 Å². The Bertz CT molecular complexity index is 447. The quantitative estimate of drug-likeness (QED) is 0.806. The van der Waals surface area contributed by atoms with Gasteiger partial charge in [-0.25, -0.2) is 9.97 Å². The zero-order chi connectivity index (χ0) is 14.7. The number of anilines is 1. The predicted octanol–water partition coefficient (Wildman–Crippen LogP) is 2.66. The predicted molar refractivity (Wildman–Crippen MR) is 81.7 cm³/mol. The molecular formula is C16H25N3O2. The molecule has 1 saturated carbocycles. The lowest BCUT2D eigenvalue weighted by atomic mass is 10.1. The number of hydrogen-bond acceptors (Lipinski definition) is 5. The van der Waals surface area contributed by atoms with E-state index in [-0.39, 0.29) is 0 Å². The smallest absolute Gasteiger partial charge is 0.225 e. The molecule has 0 aromatic carbocycles. The molecule has 21 heavy (non-hydrogen) atoms. The number of morpholine rings is 1. The third kappa shape index (κ3) is 3.64. The molecule has 1 aliphatic carbocycles. The lowest BCUT2D eigenvalue weighted by molar-refractivity contribution is -0.0414. The zero-order valence-corrected chi connectivity index (χ0v) is 13.0. The van der Waals surface area contributed by atoms with Crippen LogP contribution in [0.5, 0.6) is 5.75 Å². The fourth-order valence-corrected chi connectivity index (χ4v) is 2.93. The van der Waals surface area contributed by atoms with Crippen LogP contribution < -0.4 is 9.64 Å². The van der Waals surface area contributed by atoms with Crippen LogP contribution in [-0.4, -0.2) is 42.4 Å². The molecule has 0 spiro atoms. The van der Waals surface area contributed by atoms with Gasteiger partial charge in [-0.1, -0.05) is 19.8 Å². The van der Waals surface area contributed by atoms with Crippen molar-refractivity contribution in [1.82, 2.24) is 9.97 Å². The molecule has 5 nitrogen and oxygen atoms in total. The molecule has 0 N–H and O–H groups in total. The van der Waals surface area contributed by atoms with Crippen LogP contribution in [0.15, 0.2) is 12.4 Å². The number of nitrogens with zero attached hydrogens (tertiary/aromatic N) is 3. The highest BCUT2D eigenvalue weighted by Crippen LogP contribution is 2.37. The Morgan fingerprint density at radius 3 is 2.67 bits per heavy atom. The second-order valence-corrected chi connectivity index (χ2v) is 6.10. The standard InChI is InChI=1S/C16H25N3O2/c1-3-4-5-13-10-19(11-15(21-13)12-6-7-12)16-17-8-14(20-2)9-18-16/h8-9,12-13,15H,3-7,10-11H2,1-2H3/t13-,15-/m1/s1. The molecule has 3 rings (SSSR count). The molecule has 1 saturated heterocycles. The maximum Gasteiger partial charge on any atom is 0.225 e. The Kier molecular flexibility index (Phi) is 4.58. The first kappa shape index (κ1) is 14.6. The summed E-state index contributed by atoms with van der Waals surface area (Å²) in [4.78, 5) is 11.2. The molecule has 5 heteroatoms. The number of unbranched alkanes of at least 4 members (excludes halogenated alkanes) is 1. The van der Waals surface area contributed by atoms with Gasteiger partial charge in [0.2, 0.25) is 5.95 Å². The first-order valence-corrected chi connectivity index (χ1v) is 8.06. The molecule has 0 radical (unpaired) electrons. The van der Waals surface area contributed by atoms with Crippen molar-refractivity contribution in [3.05, 3.63) is 12.4 Å². The van der Waals surface area contributed by atoms with E-state index < -0.39 is 0 Å². The number of rotatable bonds is 6. The molecule has 2 atom stereocenters. The van der Waals surface area contributed by atoms with Gasteiger partial charge in [0.15, 0.2) is 5.75 Å². The molecule has 0 bridgehead atoms. The summed E-state index contributed by atoms with van der Waals surface area (Å²) in [7, 11) is 1.64. The van der Waals surface area contributed by atoms with Crippen molar-refractivity contribution in [1.29, 1.82) is 0 Å². The molecule has 2 aliphatic rings. The maximum atomic E-state index is 6.29. The van der Waals surface area contributed by atoms with Crippen LogP contribution in [0.4, 0.5) is 5.95 Å². The second-order valence-electron chi connectivity index (χ2n) is 6.10. The van der Waals surface area contributed by atoms with E-state index in [1.165, 1.54) is 25.7 Å². The average Bonchev–Trinajstić information content (AvgIpc) is 3.37. The van der Waals surface area contributed by atoms with E-state index in [1.807, 2.05) is 0 Å². The summed E-state index contributed by atoms with van der Waals surface area (Å²) in [5.41, 5.74) is 0. The summed E-state index contributed by atoms with van der Waals surface area (Å²) < 4.78 is 11.4. The third-order valence-electron chi connectivity index (χ3n) is 4.35. The van der Waals surface area contributed by atoms with Crippen LogP contribution in [-0.2, 0) is 4.74 Å². The minimum absolute atomic E-state index is 0.315. The van der Waals surface area contributed by atoms with Crippen molar-refractivity contribution in [2.45, 2.75) is 51.2 Å². The molecular weight excluding hydrogens is 266 g/mol. The van der Waals surface area contributed by atoms with Crippen LogP contribution in [0.2, 0.25) is 0 Å². The van der Waals surface area contributed by atoms with Crippen molar-refractivity contribution in [3.63, 3.8) is 0 Å². The van der Waals surface area contributed by atoms with Gasteiger partial charge in [0.05, 0.1) is 31.7 Å². The van der Waals surface area contributed by atoms with Crippen molar-refractivity contribution in [2.75, 3.05) is 25.1 Å². The molecule has 0 amide bonds. The molecule has 1 aliphatic heterocycles. The van der Waals surface area contributed by atoms with Gasteiger partial charge >= 0.3 is 0 Å². The van der Waals surface area contributed by atoms with Crippen molar-refractivity contribution in [3.8, 4) is 5.75 Å². The highest BCUT2D eigenvalue weighted by molar-refractivity contribution is 5.33. The molecule has 0 unspecified atom stereocenters. The van der Waals surface area contributed by atoms with Crippen LogP contribution >= 0.6 is 0 Å². The Labute approximate surface area is 126 Å². The number of methoxy groups -OCH3 is 1. The minimum atomic E-state index is 0.315. The summed E-state index contributed by atoms with van der Waals surface area (Å²) in [5.74, 6) is 2.25. The van der Waals surface area contributed by atoms with Crippen LogP contribution in [0.3, 0.4) is 0 Å². The van der Waals surface area contributed by atoms with E-state index >= 15 is 0 Å².